The van der Waals surface area contributed by atoms with E-state index in [-0.39, 0.29) is 11.6 Å². The summed E-state index contributed by atoms with van der Waals surface area (Å²) in [4.78, 5) is 21.7. The van der Waals surface area contributed by atoms with E-state index in [1.165, 1.54) is 11.8 Å². The zero-order valence-electron chi connectivity index (χ0n) is 17.4. The first kappa shape index (κ1) is 23.5. The summed E-state index contributed by atoms with van der Waals surface area (Å²) in [6, 6.07) is 6.96. The predicted octanol–water partition coefficient (Wildman–Crippen LogP) is 4.04. The summed E-state index contributed by atoms with van der Waals surface area (Å²) < 4.78 is 6.59. The average molecular weight is 481 g/mol. The number of aromatic nitrogens is 5. The van der Waals surface area contributed by atoms with Gasteiger partial charge in [0.05, 0.1) is 11.4 Å². The maximum Gasteiger partial charge on any atom is 0.273 e. The molecular formula is C20H22Cl2N6O2S. The van der Waals surface area contributed by atoms with E-state index in [1.807, 2.05) is 19.9 Å². The van der Waals surface area contributed by atoms with Crippen LogP contribution in [0.5, 0.6) is 0 Å². The second-order valence-electron chi connectivity index (χ2n) is 6.75. The van der Waals surface area contributed by atoms with Gasteiger partial charge in [0, 0.05) is 47.4 Å². The molecule has 0 saturated heterocycles. The summed E-state index contributed by atoms with van der Waals surface area (Å²) in [6.07, 6.45) is 0.695. The molecule has 3 aromatic rings. The fourth-order valence-electron chi connectivity index (χ4n) is 2.87. The van der Waals surface area contributed by atoms with Gasteiger partial charge in [0.2, 0.25) is 0 Å². The van der Waals surface area contributed by atoms with Gasteiger partial charge in [-0.25, -0.2) is 14.6 Å². The topological polar surface area (TPSA) is 94.8 Å². The quantitative estimate of drug-likeness (QED) is 0.280. The molecule has 2 heterocycles. The average Bonchev–Trinajstić information content (AvgIpc) is 3.12. The number of carbonyl (C=O) groups excluding carboxylic acids is 1. The van der Waals surface area contributed by atoms with Crippen LogP contribution in [-0.4, -0.2) is 51.1 Å². The molecule has 164 valence electrons. The van der Waals surface area contributed by atoms with Crippen LogP contribution in [0.3, 0.4) is 0 Å². The zero-order chi connectivity index (χ0) is 22.4. The van der Waals surface area contributed by atoms with Crippen LogP contribution in [-0.2, 0) is 10.5 Å². The molecule has 11 heteroatoms. The number of halogens is 2. The van der Waals surface area contributed by atoms with E-state index in [9.17, 15) is 4.79 Å². The Balaban J connectivity index is 1.91. The summed E-state index contributed by atoms with van der Waals surface area (Å²) in [6.45, 7) is 4.85. The number of thioether (sulfide) groups is 1. The van der Waals surface area contributed by atoms with Crippen molar-refractivity contribution in [1.82, 2.24) is 30.3 Å². The van der Waals surface area contributed by atoms with E-state index in [0.717, 1.165) is 11.4 Å². The molecule has 0 radical (unpaired) electrons. The molecule has 0 fully saturated rings. The standard InChI is InChI=1S/C20H22Cl2N6O2S/c1-12-7-13(2)25-20(24-12)31-11-17-18(19(29)23-5-4-6-30-3)26-27-28(17)16-9-14(21)8-15(22)10-16/h7-10H,4-6,11H2,1-3H3,(H,23,29). The molecule has 0 bridgehead atoms. The minimum atomic E-state index is -0.313. The molecule has 1 N–H and O–H groups in total. The highest BCUT2D eigenvalue weighted by Crippen LogP contribution is 2.26. The smallest absolute Gasteiger partial charge is 0.273 e. The van der Waals surface area contributed by atoms with Crippen molar-refractivity contribution in [3.63, 3.8) is 0 Å². The van der Waals surface area contributed by atoms with Crippen molar-refractivity contribution in [2.24, 2.45) is 0 Å². The van der Waals surface area contributed by atoms with Crippen molar-refractivity contribution in [3.05, 3.63) is 57.1 Å². The van der Waals surface area contributed by atoms with Gasteiger partial charge in [-0.15, -0.1) is 5.10 Å². The van der Waals surface area contributed by atoms with Crippen molar-refractivity contribution in [2.75, 3.05) is 20.3 Å². The fourth-order valence-corrected chi connectivity index (χ4v) is 4.33. The number of benzene rings is 1. The molecule has 0 aliphatic carbocycles. The van der Waals surface area contributed by atoms with Crippen molar-refractivity contribution < 1.29 is 9.53 Å². The number of nitrogens with one attached hydrogen (secondary N) is 1. The highest BCUT2D eigenvalue weighted by atomic mass is 35.5. The highest BCUT2D eigenvalue weighted by molar-refractivity contribution is 7.98. The molecular weight excluding hydrogens is 459 g/mol. The summed E-state index contributed by atoms with van der Waals surface area (Å²) in [7, 11) is 1.62. The van der Waals surface area contributed by atoms with Crippen molar-refractivity contribution >= 4 is 40.9 Å². The number of aryl methyl sites for hydroxylation is 2. The first-order valence-corrected chi connectivity index (χ1v) is 11.2. The Bertz CT molecular complexity index is 1040. The number of methoxy groups -OCH3 is 1. The molecule has 0 atom stereocenters. The SMILES string of the molecule is COCCCNC(=O)c1nnn(-c2cc(Cl)cc(Cl)c2)c1CSc1nc(C)cc(C)n1. The van der Waals surface area contributed by atoms with E-state index >= 15 is 0 Å². The summed E-state index contributed by atoms with van der Waals surface area (Å²) >= 11 is 13.7. The molecule has 3 rings (SSSR count). The summed E-state index contributed by atoms with van der Waals surface area (Å²) in [5.74, 6) is 0.0633. The third-order valence-electron chi connectivity index (χ3n) is 4.18. The Hall–Kier alpha value is -2.20. The van der Waals surface area contributed by atoms with Gasteiger partial charge in [0.1, 0.15) is 0 Å². The zero-order valence-corrected chi connectivity index (χ0v) is 19.7. The highest BCUT2D eigenvalue weighted by Gasteiger charge is 2.21. The van der Waals surface area contributed by atoms with E-state index in [0.29, 0.717) is 51.9 Å². The van der Waals surface area contributed by atoms with E-state index in [2.05, 4.69) is 25.6 Å². The largest absolute Gasteiger partial charge is 0.385 e. The van der Waals surface area contributed by atoms with Crippen LogP contribution in [0.25, 0.3) is 5.69 Å². The molecule has 0 spiro atoms. The van der Waals surface area contributed by atoms with E-state index in [4.69, 9.17) is 27.9 Å². The Kier molecular flexibility index (Phi) is 8.25. The van der Waals surface area contributed by atoms with Gasteiger partial charge in [0.15, 0.2) is 10.9 Å². The van der Waals surface area contributed by atoms with Crippen LogP contribution < -0.4 is 5.32 Å². The third kappa shape index (κ3) is 6.39. The van der Waals surface area contributed by atoms with Gasteiger partial charge in [-0.1, -0.05) is 40.2 Å². The van der Waals surface area contributed by atoms with Crippen LogP contribution in [0.2, 0.25) is 10.0 Å². The van der Waals surface area contributed by atoms with Crippen LogP contribution in [0.15, 0.2) is 29.4 Å². The van der Waals surface area contributed by atoms with Crippen LogP contribution >= 0.6 is 35.0 Å². The number of hydrogen-bond donors (Lipinski definition) is 1. The first-order valence-electron chi connectivity index (χ1n) is 9.50. The van der Waals surface area contributed by atoms with Crippen LogP contribution in [0.4, 0.5) is 0 Å². The lowest BCUT2D eigenvalue weighted by molar-refractivity contribution is 0.0943. The van der Waals surface area contributed by atoms with E-state index in [1.54, 1.807) is 30.0 Å². The molecule has 8 nitrogen and oxygen atoms in total. The van der Waals surface area contributed by atoms with Gasteiger partial charge in [-0.2, -0.15) is 0 Å². The van der Waals surface area contributed by atoms with Gasteiger partial charge in [-0.3, -0.25) is 4.79 Å². The van der Waals surface area contributed by atoms with Gasteiger partial charge >= 0.3 is 0 Å². The predicted molar refractivity (Wildman–Crippen MR) is 121 cm³/mol. The number of nitrogens with zero attached hydrogens (tertiary/aromatic N) is 5. The number of carbonyl (C=O) groups is 1. The van der Waals surface area contributed by atoms with Crippen molar-refractivity contribution in [3.8, 4) is 5.69 Å². The monoisotopic (exact) mass is 480 g/mol. The maximum absolute atomic E-state index is 12.8. The Morgan fingerprint density at radius 2 is 1.81 bits per heavy atom. The molecule has 31 heavy (non-hydrogen) atoms. The van der Waals surface area contributed by atoms with Crippen LogP contribution in [0.1, 0.15) is 34.0 Å². The van der Waals surface area contributed by atoms with E-state index < -0.39 is 0 Å². The normalized spacial score (nSPS) is 11.0. The fraction of sp³-hybridized carbons (Fsp3) is 0.350. The molecule has 0 unspecified atom stereocenters. The minimum Gasteiger partial charge on any atom is -0.385 e. The lowest BCUT2D eigenvalue weighted by Gasteiger charge is -2.10. The number of hydrogen-bond acceptors (Lipinski definition) is 7. The lowest BCUT2D eigenvalue weighted by atomic mass is 10.2. The van der Waals surface area contributed by atoms with Gasteiger partial charge in [0.25, 0.3) is 5.91 Å². The number of rotatable bonds is 9. The first-order chi connectivity index (χ1) is 14.9. The second-order valence-corrected chi connectivity index (χ2v) is 8.56. The van der Waals surface area contributed by atoms with Gasteiger partial charge < -0.3 is 10.1 Å². The number of ether oxygens (including phenoxy) is 1. The second kappa shape index (κ2) is 10.9. The van der Waals surface area contributed by atoms with Crippen molar-refractivity contribution in [2.45, 2.75) is 31.2 Å². The molecule has 0 saturated carbocycles. The molecule has 1 amide bonds. The lowest BCUT2D eigenvalue weighted by Crippen LogP contribution is -2.26. The molecule has 1 aromatic carbocycles. The Labute approximate surface area is 194 Å². The summed E-state index contributed by atoms with van der Waals surface area (Å²) in [5, 5.41) is 12.7. The Morgan fingerprint density at radius 1 is 1.13 bits per heavy atom. The summed E-state index contributed by atoms with van der Waals surface area (Å²) in [5.41, 5.74) is 3.18. The molecule has 0 aliphatic heterocycles. The minimum absolute atomic E-state index is 0.227. The van der Waals surface area contributed by atoms with Crippen LogP contribution in [0, 0.1) is 13.8 Å². The third-order valence-corrected chi connectivity index (χ3v) is 5.48. The van der Waals surface area contributed by atoms with Gasteiger partial charge in [-0.05, 0) is 44.5 Å². The maximum atomic E-state index is 12.8. The Morgan fingerprint density at radius 3 is 2.45 bits per heavy atom. The number of amides is 1. The molecule has 0 aliphatic rings. The molecule has 2 aromatic heterocycles. The van der Waals surface area contributed by atoms with Crippen molar-refractivity contribution in [1.29, 1.82) is 0 Å².